The minimum absolute atomic E-state index is 0.0599. The van der Waals surface area contributed by atoms with E-state index in [0.29, 0.717) is 11.6 Å². The number of nitrogens with zero attached hydrogens (tertiary/aromatic N) is 1. The molecule has 3 aromatic rings. The van der Waals surface area contributed by atoms with Gasteiger partial charge in [-0.1, -0.05) is 0 Å². The average Bonchev–Trinajstić information content (AvgIpc) is 2.79. The highest BCUT2D eigenvalue weighted by Gasteiger charge is 2.35. The Morgan fingerprint density at radius 3 is 2.24 bits per heavy atom. The van der Waals surface area contributed by atoms with Gasteiger partial charge in [-0.3, -0.25) is 14.6 Å². The number of ether oxygens (including phenoxy) is 3. The first-order valence-electron chi connectivity index (χ1n) is 10.2. The van der Waals surface area contributed by atoms with E-state index in [1.54, 1.807) is 0 Å². The van der Waals surface area contributed by atoms with Crippen molar-refractivity contribution in [3.05, 3.63) is 70.8 Å². The molecular formula is C23H16F7N3O5. The van der Waals surface area contributed by atoms with Crippen LogP contribution in [0.4, 0.5) is 36.4 Å². The topological polar surface area (TPSA) is 113 Å². The second-order valence-corrected chi connectivity index (χ2v) is 7.49. The van der Waals surface area contributed by atoms with E-state index >= 15 is 0 Å². The number of benzene rings is 2. The van der Waals surface area contributed by atoms with Crippen molar-refractivity contribution in [3.63, 3.8) is 0 Å². The third-order valence-electron chi connectivity index (χ3n) is 4.80. The molecule has 3 rings (SSSR count). The number of carbonyl (C=O) groups excluding carboxylic acids is 2. The van der Waals surface area contributed by atoms with Gasteiger partial charge in [0.2, 0.25) is 0 Å². The van der Waals surface area contributed by atoms with Crippen LogP contribution < -0.4 is 25.3 Å². The van der Waals surface area contributed by atoms with Gasteiger partial charge in [0.1, 0.15) is 28.6 Å². The van der Waals surface area contributed by atoms with Crippen LogP contribution in [0.15, 0.2) is 42.6 Å². The monoisotopic (exact) mass is 547 g/mol. The summed E-state index contributed by atoms with van der Waals surface area (Å²) in [4.78, 5) is 28.1. The first-order valence-corrected chi connectivity index (χ1v) is 10.2. The Kier molecular flexibility index (Phi) is 7.69. The van der Waals surface area contributed by atoms with Crippen LogP contribution >= 0.6 is 0 Å². The summed E-state index contributed by atoms with van der Waals surface area (Å²) in [6.45, 7) is 1.46. The Morgan fingerprint density at radius 2 is 1.66 bits per heavy atom. The molecule has 8 nitrogen and oxygen atoms in total. The lowest BCUT2D eigenvalue weighted by atomic mass is 10.1. The molecule has 202 valence electrons. The summed E-state index contributed by atoms with van der Waals surface area (Å²) in [5.41, 5.74) is 2.61. The maximum atomic E-state index is 14.9. The van der Waals surface area contributed by atoms with Gasteiger partial charge in [-0.2, -0.15) is 13.2 Å². The van der Waals surface area contributed by atoms with Crippen LogP contribution in [0.3, 0.4) is 0 Å². The van der Waals surface area contributed by atoms with Gasteiger partial charge in [-0.25, -0.2) is 4.39 Å². The van der Waals surface area contributed by atoms with Gasteiger partial charge in [-0.05, 0) is 42.8 Å². The highest BCUT2D eigenvalue weighted by Crippen LogP contribution is 2.40. The normalized spacial score (nSPS) is 11.6. The standard InChI is InChI=1S/C23H16F7N3O5/c1-10-9-32-15(20(31)34)8-14(10)33-21(35)19-13(24)5-11(22(25,26)27)6-18(19)37-16-4-3-12(7-17(16)36-2)38-23(28,29)30/h3-9H,1-2H3,(H2,31,34)(H,32,33,35). The average molecular weight is 547 g/mol. The lowest BCUT2D eigenvalue weighted by Crippen LogP contribution is -2.19. The molecule has 0 spiro atoms. The van der Waals surface area contributed by atoms with Crippen molar-refractivity contribution >= 4 is 17.5 Å². The Balaban J connectivity index is 2.08. The zero-order valence-electron chi connectivity index (χ0n) is 19.3. The summed E-state index contributed by atoms with van der Waals surface area (Å²) < 4.78 is 107. The summed E-state index contributed by atoms with van der Waals surface area (Å²) in [6.07, 6.45) is -8.94. The molecule has 1 heterocycles. The molecule has 0 saturated heterocycles. The first kappa shape index (κ1) is 28.0. The molecule has 0 aliphatic heterocycles. The Hall–Kier alpha value is -4.56. The van der Waals surface area contributed by atoms with Crippen molar-refractivity contribution in [2.45, 2.75) is 19.5 Å². The van der Waals surface area contributed by atoms with Crippen molar-refractivity contribution in [2.75, 3.05) is 12.4 Å². The van der Waals surface area contributed by atoms with Gasteiger partial charge in [0.05, 0.1) is 12.7 Å². The van der Waals surface area contributed by atoms with Crippen molar-refractivity contribution in [1.29, 1.82) is 0 Å². The van der Waals surface area contributed by atoms with Gasteiger partial charge in [0.15, 0.2) is 11.5 Å². The van der Waals surface area contributed by atoms with Gasteiger partial charge < -0.3 is 25.3 Å². The van der Waals surface area contributed by atoms with Crippen molar-refractivity contribution in [3.8, 4) is 23.0 Å². The van der Waals surface area contributed by atoms with E-state index in [1.807, 2.05) is 0 Å². The molecule has 0 radical (unpaired) electrons. The molecule has 0 saturated carbocycles. The number of hydrogen-bond acceptors (Lipinski definition) is 6. The molecule has 2 aromatic carbocycles. The number of hydrogen-bond donors (Lipinski definition) is 2. The van der Waals surface area contributed by atoms with Crippen LogP contribution in [0.1, 0.15) is 32.0 Å². The number of pyridine rings is 1. The van der Waals surface area contributed by atoms with Crippen LogP contribution in [0.2, 0.25) is 0 Å². The molecule has 38 heavy (non-hydrogen) atoms. The molecule has 3 N–H and O–H groups in total. The van der Waals surface area contributed by atoms with E-state index in [0.717, 1.165) is 31.4 Å². The van der Waals surface area contributed by atoms with E-state index in [9.17, 15) is 40.3 Å². The summed E-state index contributed by atoms with van der Waals surface area (Å²) >= 11 is 0. The first-order chi connectivity index (χ1) is 17.6. The van der Waals surface area contributed by atoms with Crippen molar-refractivity contribution in [1.82, 2.24) is 4.98 Å². The predicted molar refractivity (Wildman–Crippen MR) is 117 cm³/mol. The Morgan fingerprint density at radius 1 is 0.974 bits per heavy atom. The maximum Gasteiger partial charge on any atom is 0.573 e. The van der Waals surface area contributed by atoms with Gasteiger partial charge in [-0.15, -0.1) is 13.2 Å². The SMILES string of the molecule is COc1cc(OC(F)(F)F)ccc1Oc1cc(C(F)(F)F)cc(F)c1C(=O)Nc1cc(C(N)=O)ncc1C. The molecule has 0 fully saturated rings. The molecule has 0 aliphatic carbocycles. The van der Waals surface area contributed by atoms with E-state index in [1.165, 1.54) is 13.1 Å². The number of anilines is 1. The fourth-order valence-electron chi connectivity index (χ4n) is 3.07. The second kappa shape index (κ2) is 10.4. The number of aromatic nitrogens is 1. The summed E-state index contributed by atoms with van der Waals surface area (Å²) in [5, 5.41) is 2.25. The van der Waals surface area contributed by atoms with Crippen molar-refractivity contribution in [2.24, 2.45) is 5.73 Å². The van der Waals surface area contributed by atoms with E-state index in [-0.39, 0.29) is 17.4 Å². The number of methoxy groups -OCH3 is 1. The molecule has 0 unspecified atom stereocenters. The minimum Gasteiger partial charge on any atom is -0.493 e. The predicted octanol–water partition coefficient (Wildman–Crippen LogP) is 5.60. The smallest absolute Gasteiger partial charge is 0.493 e. The fraction of sp³-hybridized carbons (Fsp3) is 0.174. The number of rotatable bonds is 7. The molecule has 1 aromatic heterocycles. The van der Waals surface area contributed by atoms with Crippen LogP contribution in [0.5, 0.6) is 23.0 Å². The van der Waals surface area contributed by atoms with Crippen LogP contribution in [0, 0.1) is 12.7 Å². The lowest BCUT2D eigenvalue weighted by Gasteiger charge is -2.18. The van der Waals surface area contributed by atoms with Gasteiger partial charge >= 0.3 is 12.5 Å². The summed E-state index contributed by atoms with van der Waals surface area (Å²) in [7, 11) is 1.02. The van der Waals surface area contributed by atoms with Gasteiger partial charge in [0, 0.05) is 18.0 Å². The maximum absolute atomic E-state index is 14.9. The summed E-state index contributed by atoms with van der Waals surface area (Å²) in [6, 6.07) is 3.80. The molecule has 0 atom stereocenters. The second-order valence-electron chi connectivity index (χ2n) is 7.49. The highest BCUT2D eigenvalue weighted by molar-refractivity contribution is 6.07. The van der Waals surface area contributed by atoms with E-state index < -0.39 is 64.3 Å². The number of carbonyl (C=O) groups is 2. The number of nitrogens with two attached hydrogens (primary N) is 1. The largest absolute Gasteiger partial charge is 0.573 e. The van der Waals surface area contributed by atoms with Crippen LogP contribution in [-0.4, -0.2) is 30.3 Å². The summed E-state index contributed by atoms with van der Waals surface area (Å²) in [5.74, 6) is -6.46. The zero-order chi connectivity index (χ0) is 28.4. The van der Waals surface area contributed by atoms with Crippen molar-refractivity contribution < 1.29 is 54.5 Å². The van der Waals surface area contributed by atoms with Crippen LogP contribution in [0.25, 0.3) is 0 Å². The number of nitrogens with one attached hydrogen (secondary N) is 1. The third kappa shape index (κ3) is 6.60. The number of alkyl halides is 6. The fourth-order valence-corrected chi connectivity index (χ4v) is 3.07. The number of amides is 2. The highest BCUT2D eigenvalue weighted by atomic mass is 19.4. The Bertz CT molecular complexity index is 1390. The zero-order valence-corrected chi connectivity index (χ0v) is 19.3. The van der Waals surface area contributed by atoms with E-state index in [2.05, 4.69) is 15.0 Å². The molecule has 2 amide bonds. The molecular weight excluding hydrogens is 531 g/mol. The molecule has 0 bridgehead atoms. The van der Waals surface area contributed by atoms with E-state index in [4.69, 9.17) is 15.2 Å². The quantitative estimate of drug-likeness (QED) is 0.373. The third-order valence-corrected chi connectivity index (χ3v) is 4.80. The Labute approximate surface area is 209 Å². The number of aryl methyl sites for hydroxylation is 1. The van der Waals surface area contributed by atoms with Crippen LogP contribution in [-0.2, 0) is 6.18 Å². The molecule has 0 aliphatic rings. The number of halogens is 7. The lowest BCUT2D eigenvalue weighted by molar-refractivity contribution is -0.274. The minimum atomic E-state index is -5.06. The van der Waals surface area contributed by atoms with Gasteiger partial charge in [0.25, 0.3) is 11.8 Å². The number of primary amides is 1. The molecule has 15 heteroatoms.